The quantitative estimate of drug-likeness (QED) is 0.185. The topological polar surface area (TPSA) is 103 Å². The number of hydrogen-bond donors (Lipinski definition) is 4. The van der Waals surface area contributed by atoms with Gasteiger partial charge in [0.2, 0.25) is 11.9 Å². The van der Waals surface area contributed by atoms with E-state index in [4.69, 9.17) is 12.2 Å². The lowest BCUT2D eigenvalue weighted by atomic mass is 10.3. The first-order chi connectivity index (χ1) is 15.0. The summed E-state index contributed by atoms with van der Waals surface area (Å²) >= 11 is 7.22. The number of imidazole rings is 1. The number of hydrogen-bond acceptors (Lipinski definition) is 6. The first kappa shape index (κ1) is 22.7. The van der Waals surface area contributed by atoms with E-state index in [0.717, 1.165) is 40.0 Å². The Morgan fingerprint density at radius 1 is 1.10 bits per heavy atom. The SMILES string of the molecule is Cc1cc(C)nc(NC(=NCCSCc2nc[nH]c2C)NC(=S)Nc2ccccc2)n1. The third-order valence-electron chi connectivity index (χ3n) is 4.15. The van der Waals surface area contributed by atoms with Gasteiger partial charge in [-0.3, -0.25) is 10.3 Å². The minimum Gasteiger partial charge on any atom is -0.348 e. The number of thioether (sulfide) groups is 1. The van der Waals surface area contributed by atoms with Crippen LogP contribution >= 0.6 is 24.0 Å². The Labute approximate surface area is 191 Å². The Kier molecular flexibility index (Phi) is 8.36. The van der Waals surface area contributed by atoms with Crippen molar-refractivity contribution in [1.82, 2.24) is 25.3 Å². The molecule has 10 heteroatoms. The lowest BCUT2D eigenvalue weighted by Crippen LogP contribution is -2.39. The summed E-state index contributed by atoms with van der Waals surface area (Å²) in [6, 6.07) is 11.7. The molecular weight excluding hydrogens is 428 g/mol. The maximum atomic E-state index is 5.45. The van der Waals surface area contributed by atoms with Crippen molar-refractivity contribution in [2.45, 2.75) is 26.5 Å². The molecule has 31 heavy (non-hydrogen) atoms. The average molecular weight is 455 g/mol. The largest absolute Gasteiger partial charge is 0.348 e. The predicted octanol–water partition coefficient (Wildman–Crippen LogP) is 3.81. The molecule has 8 nitrogen and oxygen atoms in total. The molecular formula is C21H26N8S2. The molecule has 0 aliphatic carbocycles. The van der Waals surface area contributed by atoms with E-state index in [-0.39, 0.29) is 0 Å². The third-order valence-corrected chi connectivity index (χ3v) is 5.31. The second-order valence-corrected chi connectivity index (χ2v) is 8.32. The van der Waals surface area contributed by atoms with Gasteiger partial charge in [-0.25, -0.2) is 15.0 Å². The van der Waals surface area contributed by atoms with E-state index in [9.17, 15) is 0 Å². The predicted molar refractivity (Wildman–Crippen MR) is 133 cm³/mol. The third kappa shape index (κ3) is 7.65. The number of aromatic nitrogens is 4. The first-order valence-electron chi connectivity index (χ1n) is 9.83. The van der Waals surface area contributed by atoms with Crippen molar-refractivity contribution in [2.24, 2.45) is 4.99 Å². The van der Waals surface area contributed by atoms with E-state index in [0.29, 0.717) is 23.6 Å². The number of rotatable bonds is 7. The molecule has 2 heterocycles. The molecule has 0 unspecified atom stereocenters. The van der Waals surface area contributed by atoms with Gasteiger partial charge in [0.1, 0.15) is 0 Å². The van der Waals surface area contributed by atoms with E-state index >= 15 is 0 Å². The lowest BCUT2D eigenvalue weighted by Gasteiger charge is -2.14. The van der Waals surface area contributed by atoms with Gasteiger partial charge in [0.25, 0.3) is 0 Å². The smallest absolute Gasteiger partial charge is 0.229 e. The number of para-hydroxylation sites is 1. The maximum absolute atomic E-state index is 5.45. The number of guanidine groups is 1. The highest BCUT2D eigenvalue weighted by Gasteiger charge is 2.07. The van der Waals surface area contributed by atoms with E-state index in [1.54, 1.807) is 18.1 Å². The maximum Gasteiger partial charge on any atom is 0.229 e. The summed E-state index contributed by atoms with van der Waals surface area (Å²) in [5.41, 5.74) is 4.83. The van der Waals surface area contributed by atoms with Crippen molar-refractivity contribution in [2.75, 3.05) is 22.9 Å². The second-order valence-electron chi connectivity index (χ2n) is 6.80. The molecule has 0 saturated carbocycles. The van der Waals surface area contributed by atoms with Crippen LogP contribution in [0.2, 0.25) is 0 Å². The molecule has 0 aliphatic heterocycles. The summed E-state index contributed by atoms with van der Waals surface area (Å²) in [6.45, 7) is 6.48. The number of benzene rings is 1. The standard InChI is InChI=1S/C21H26N8S2/c1-14-11-15(2)26-20(25-14)28-19(29-21(30)27-17-7-5-4-6-8-17)22-9-10-31-12-18-16(3)23-13-24-18/h4-8,11,13H,9-10,12H2,1-3H3,(H,23,24)(H3,22,25,26,27,28,29,30). The van der Waals surface area contributed by atoms with Gasteiger partial charge in [-0.2, -0.15) is 11.8 Å². The van der Waals surface area contributed by atoms with Crippen molar-refractivity contribution in [3.8, 4) is 0 Å². The Bertz CT molecular complexity index is 1010. The number of anilines is 2. The number of nitrogens with one attached hydrogen (secondary N) is 4. The van der Waals surface area contributed by atoms with Crippen LogP contribution in [-0.2, 0) is 5.75 Å². The van der Waals surface area contributed by atoms with Crippen LogP contribution in [0, 0.1) is 20.8 Å². The van der Waals surface area contributed by atoms with Gasteiger partial charge < -0.3 is 15.6 Å². The molecule has 0 amide bonds. The fourth-order valence-corrected chi connectivity index (χ4v) is 3.78. The zero-order valence-corrected chi connectivity index (χ0v) is 19.4. The number of H-pyrrole nitrogens is 1. The molecule has 1 aromatic carbocycles. The van der Waals surface area contributed by atoms with Crippen LogP contribution < -0.4 is 16.0 Å². The molecule has 0 spiro atoms. The molecule has 0 saturated heterocycles. The van der Waals surface area contributed by atoms with Crippen LogP contribution in [0.1, 0.15) is 22.8 Å². The minimum absolute atomic E-state index is 0.432. The number of aliphatic imine (C=N–C) groups is 1. The average Bonchev–Trinajstić information content (AvgIpc) is 3.12. The molecule has 0 aliphatic rings. The van der Waals surface area contributed by atoms with Crippen molar-refractivity contribution < 1.29 is 0 Å². The Morgan fingerprint density at radius 3 is 2.52 bits per heavy atom. The molecule has 3 rings (SSSR count). The van der Waals surface area contributed by atoms with E-state index in [2.05, 4.69) is 40.9 Å². The van der Waals surface area contributed by atoms with E-state index in [1.165, 1.54) is 0 Å². The number of nitrogens with zero attached hydrogens (tertiary/aromatic N) is 4. The summed E-state index contributed by atoms with van der Waals surface area (Å²) in [4.78, 5) is 20.9. The normalized spacial score (nSPS) is 11.3. The Hall–Kier alpha value is -2.98. The lowest BCUT2D eigenvalue weighted by molar-refractivity contribution is 1.05. The summed E-state index contributed by atoms with van der Waals surface area (Å²) in [7, 11) is 0. The highest BCUT2D eigenvalue weighted by molar-refractivity contribution is 7.98. The summed E-state index contributed by atoms with van der Waals surface area (Å²) in [5, 5.41) is 9.85. The van der Waals surface area contributed by atoms with Crippen molar-refractivity contribution in [3.63, 3.8) is 0 Å². The molecule has 3 aromatic rings. The van der Waals surface area contributed by atoms with Gasteiger partial charge in [-0.05, 0) is 51.2 Å². The molecule has 4 N–H and O–H groups in total. The van der Waals surface area contributed by atoms with Crippen molar-refractivity contribution >= 4 is 46.7 Å². The molecule has 0 atom stereocenters. The monoisotopic (exact) mass is 454 g/mol. The number of thiocarbonyl (C=S) groups is 1. The summed E-state index contributed by atoms with van der Waals surface area (Å²) in [6.07, 6.45) is 1.72. The van der Waals surface area contributed by atoms with Gasteiger partial charge in [0.05, 0.1) is 18.6 Å². The van der Waals surface area contributed by atoms with Crippen LogP contribution in [-0.4, -0.2) is 43.3 Å². The van der Waals surface area contributed by atoms with Crippen LogP contribution in [0.5, 0.6) is 0 Å². The molecule has 0 radical (unpaired) electrons. The fourth-order valence-electron chi connectivity index (χ4n) is 2.71. The Balaban J connectivity index is 1.61. The number of aryl methyl sites for hydroxylation is 3. The highest BCUT2D eigenvalue weighted by atomic mass is 32.2. The van der Waals surface area contributed by atoms with E-state index < -0.39 is 0 Å². The van der Waals surface area contributed by atoms with Crippen LogP contribution in [0.25, 0.3) is 0 Å². The van der Waals surface area contributed by atoms with Crippen molar-refractivity contribution in [3.05, 3.63) is 65.5 Å². The van der Waals surface area contributed by atoms with Crippen LogP contribution in [0.15, 0.2) is 47.7 Å². The van der Waals surface area contributed by atoms with Gasteiger partial charge in [-0.1, -0.05) is 18.2 Å². The summed E-state index contributed by atoms with van der Waals surface area (Å²) in [5.74, 6) is 2.65. The summed E-state index contributed by atoms with van der Waals surface area (Å²) < 4.78 is 0. The van der Waals surface area contributed by atoms with Crippen molar-refractivity contribution in [1.29, 1.82) is 0 Å². The van der Waals surface area contributed by atoms with Crippen LogP contribution in [0.3, 0.4) is 0 Å². The minimum atomic E-state index is 0.432. The van der Waals surface area contributed by atoms with E-state index in [1.807, 2.05) is 57.2 Å². The molecule has 162 valence electrons. The van der Waals surface area contributed by atoms with Gasteiger partial charge in [0.15, 0.2) is 5.11 Å². The second kappa shape index (κ2) is 11.4. The van der Waals surface area contributed by atoms with Gasteiger partial charge in [0, 0.05) is 34.3 Å². The zero-order chi connectivity index (χ0) is 22.1. The molecule has 0 bridgehead atoms. The number of aromatic amines is 1. The molecule has 0 fully saturated rings. The zero-order valence-electron chi connectivity index (χ0n) is 17.8. The fraction of sp³-hybridized carbons (Fsp3) is 0.286. The van der Waals surface area contributed by atoms with Gasteiger partial charge in [-0.15, -0.1) is 0 Å². The highest BCUT2D eigenvalue weighted by Crippen LogP contribution is 2.12. The first-order valence-corrected chi connectivity index (χ1v) is 11.4. The Morgan fingerprint density at radius 2 is 1.84 bits per heavy atom. The van der Waals surface area contributed by atoms with Crippen LogP contribution in [0.4, 0.5) is 11.6 Å². The van der Waals surface area contributed by atoms with Gasteiger partial charge >= 0.3 is 0 Å². The molecule has 2 aromatic heterocycles.